The highest BCUT2D eigenvalue weighted by Gasteiger charge is 2.86. The van der Waals surface area contributed by atoms with E-state index in [0.717, 1.165) is 30.4 Å². The minimum Gasteiger partial charge on any atom is -0.301 e. The van der Waals surface area contributed by atoms with Crippen LogP contribution in [0.25, 0.3) is 0 Å². The molecular weight excluding hydrogens is 406 g/mol. The zero-order valence-electron chi connectivity index (χ0n) is 15.2. The SMILES string of the molecule is CS(=O)(=O)c1ccc(C2(C(=O)Nc3nccs3)C(C3CCCC3)C2(F)F)cc1. The standard InChI is InChI=1S/C19H20F2N2O3S2/c1-28(25,26)14-8-6-13(7-9-14)18(16(24)23-17-22-10-11-27-17)15(19(18,20)21)12-4-2-3-5-12/h6-12,15H,2-5H2,1H3,(H,22,23,24). The third-order valence-electron chi connectivity index (χ3n) is 5.92. The predicted octanol–water partition coefficient (Wildman–Crippen LogP) is 3.88. The lowest BCUT2D eigenvalue weighted by Gasteiger charge is -2.18. The van der Waals surface area contributed by atoms with E-state index in [1.165, 1.54) is 30.5 Å². The molecule has 1 amide bonds. The van der Waals surface area contributed by atoms with E-state index in [0.29, 0.717) is 12.8 Å². The van der Waals surface area contributed by atoms with Crippen molar-refractivity contribution in [1.82, 2.24) is 4.98 Å². The van der Waals surface area contributed by atoms with E-state index in [4.69, 9.17) is 0 Å². The van der Waals surface area contributed by atoms with Crippen molar-refractivity contribution >= 4 is 32.2 Å². The number of thiazole rings is 1. The number of benzene rings is 1. The molecule has 1 heterocycles. The molecule has 0 saturated heterocycles. The zero-order chi connectivity index (χ0) is 20.2. The molecule has 0 bridgehead atoms. The first-order valence-electron chi connectivity index (χ1n) is 9.08. The number of rotatable bonds is 5. The minimum atomic E-state index is -3.46. The number of amides is 1. The molecule has 2 saturated carbocycles. The van der Waals surface area contributed by atoms with Gasteiger partial charge in [0.05, 0.1) is 10.8 Å². The normalized spacial score (nSPS) is 26.9. The van der Waals surface area contributed by atoms with Gasteiger partial charge in [-0.2, -0.15) is 0 Å². The van der Waals surface area contributed by atoms with Gasteiger partial charge < -0.3 is 5.32 Å². The number of aromatic nitrogens is 1. The number of carbonyl (C=O) groups excluding carboxylic acids is 1. The number of hydrogen-bond donors (Lipinski definition) is 1. The van der Waals surface area contributed by atoms with E-state index in [1.54, 1.807) is 5.38 Å². The summed E-state index contributed by atoms with van der Waals surface area (Å²) < 4.78 is 54.0. The lowest BCUT2D eigenvalue weighted by molar-refractivity contribution is -0.121. The maximum Gasteiger partial charge on any atom is 0.271 e. The molecule has 1 aromatic carbocycles. The molecule has 0 radical (unpaired) electrons. The molecule has 150 valence electrons. The zero-order valence-corrected chi connectivity index (χ0v) is 16.8. The largest absolute Gasteiger partial charge is 0.301 e. The van der Waals surface area contributed by atoms with Crippen LogP contribution in [0.5, 0.6) is 0 Å². The number of nitrogens with zero attached hydrogens (tertiary/aromatic N) is 1. The molecule has 9 heteroatoms. The van der Waals surface area contributed by atoms with Crippen LogP contribution < -0.4 is 5.32 Å². The third kappa shape index (κ3) is 2.86. The Balaban J connectivity index is 1.77. The lowest BCUT2D eigenvalue weighted by Crippen LogP contribution is -2.34. The van der Waals surface area contributed by atoms with Gasteiger partial charge in [0, 0.05) is 17.8 Å². The van der Waals surface area contributed by atoms with Crippen LogP contribution in [0.1, 0.15) is 31.2 Å². The van der Waals surface area contributed by atoms with E-state index < -0.39 is 33.0 Å². The van der Waals surface area contributed by atoms with Crippen LogP contribution in [0.3, 0.4) is 0 Å². The van der Waals surface area contributed by atoms with Crippen LogP contribution in [-0.2, 0) is 20.0 Å². The number of sulfone groups is 1. The number of nitrogens with one attached hydrogen (secondary N) is 1. The van der Waals surface area contributed by atoms with Gasteiger partial charge >= 0.3 is 0 Å². The minimum absolute atomic E-state index is 0.0353. The fourth-order valence-corrected chi connectivity index (χ4v) is 5.77. The second-order valence-corrected chi connectivity index (χ2v) is 10.5. The quantitative estimate of drug-likeness (QED) is 0.787. The van der Waals surface area contributed by atoms with Crippen molar-refractivity contribution in [2.24, 2.45) is 11.8 Å². The molecule has 2 fully saturated rings. The molecule has 2 unspecified atom stereocenters. The Kier molecular flexibility index (Phi) is 4.58. The summed E-state index contributed by atoms with van der Waals surface area (Å²) in [7, 11) is -3.46. The van der Waals surface area contributed by atoms with Gasteiger partial charge in [-0.05, 0) is 36.5 Å². The van der Waals surface area contributed by atoms with Gasteiger partial charge in [0.15, 0.2) is 15.0 Å². The number of carbonyl (C=O) groups is 1. The summed E-state index contributed by atoms with van der Waals surface area (Å²) in [6.07, 6.45) is 5.66. The van der Waals surface area contributed by atoms with E-state index in [1.807, 2.05) is 0 Å². The average Bonchev–Trinajstić information content (AvgIpc) is 3.13. The molecule has 5 nitrogen and oxygen atoms in total. The van der Waals surface area contributed by atoms with Crippen LogP contribution in [0, 0.1) is 11.8 Å². The predicted molar refractivity (Wildman–Crippen MR) is 102 cm³/mol. The van der Waals surface area contributed by atoms with E-state index >= 15 is 8.78 Å². The second-order valence-electron chi connectivity index (χ2n) is 7.54. The molecule has 1 N–H and O–H groups in total. The monoisotopic (exact) mass is 426 g/mol. The summed E-state index contributed by atoms with van der Waals surface area (Å²) >= 11 is 1.16. The van der Waals surface area contributed by atoms with Crippen molar-refractivity contribution in [2.75, 3.05) is 11.6 Å². The maximum atomic E-state index is 15.3. The molecule has 0 aliphatic heterocycles. The highest BCUT2D eigenvalue weighted by atomic mass is 32.2. The summed E-state index contributed by atoms with van der Waals surface area (Å²) in [4.78, 5) is 17.1. The maximum absolute atomic E-state index is 15.3. The molecule has 2 atom stereocenters. The van der Waals surface area contributed by atoms with Gasteiger partial charge in [-0.15, -0.1) is 11.3 Å². The molecule has 1 aromatic heterocycles. The van der Waals surface area contributed by atoms with Crippen molar-refractivity contribution < 1.29 is 22.0 Å². The molecular formula is C19H20F2N2O3S2. The van der Waals surface area contributed by atoms with Gasteiger partial charge in [0.1, 0.15) is 5.41 Å². The Morgan fingerprint density at radius 3 is 2.39 bits per heavy atom. The first kappa shape index (κ1) is 19.4. The average molecular weight is 427 g/mol. The van der Waals surface area contributed by atoms with Crippen LogP contribution in [0.2, 0.25) is 0 Å². The first-order valence-corrected chi connectivity index (χ1v) is 11.9. The Morgan fingerprint density at radius 1 is 1.21 bits per heavy atom. The summed E-state index contributed by atoms with van der Waals surface area (Å²) in [5.74, 6) is -5.30. The number of hydrogen-bond acceptors (Lipinski definition) is 5. The Morgan fingerprint density at radius 2 is 1.86 bits per heavy atom. The van der Waals surface area contributed by atoms with Gasteiger partial charge in [-0.1, -0.05) is 25.0 Å². The van der Waals surface area contributed by atoms with Gasteiger partial charge in [-0.3, -0.25) is 4.79 Å². The second kappa shape index (κ2) is 6.59. The summed E-state index contributed by atoms with van der Waals surface area (Å²) in [5.41, 5.74) is -1.85. The smallest absolute Gasteiger partial charge is 0.271 e. The fourth-order valence-electron chi connectivity index (χ4n) is 4.61. The van der Waals surface area contributed by atoms with Crippen molar-refractivity contribution in [2.45, 2.75) is 41.9 Å². The number of halogens is 2. The third-order valence-corrected chi connectivity index (χ3v) is 7.74. The lowest BCUT2D eigenvalue weighted by atomic mass is 9.86. The summed E-state index contributed by atoms with van der Waals surface area (Å²) in [6, 6.07) is 5.29. The molecule has 4 rings (SSSR count). The van der Waals surface area contributed by atoms with E-state index in [-0.39, 0.29) is 21.5 Å². The Bertz CT molecular complexity index is 985. The van der Waals surface area contributed by atoms with Crippen LogP contribution in [0.4, 0.5) is 13.9 Å². The highest BCUT2D eigenvalue weighted by molar-refractivity contribution is 7.90. The Hall–Kier alpha value is -1.87. The molecule has 28 heavy (non-hydrogen) atoms. The van der Waals surface area contributed by atoms with Crippen molar-refractivity contribution in [1.29, 1.82) is 0 Å². The van der Waals surface area contributed by atoms with Gasteiger partial charge in [0.2, 0.25) is 5.91 Å². The van der Waals surface area contributed by atoms with Crippen LogP contribution in [-0.4, -0.2) is 31.5 Å². The van der Waals surface area contributed by atoms with Crippen LogP contribution in [0.15, 0.2) is 40.7 Å². The fraction of sp³-hybridized carbons (Fsp3) is 0.474. The number of anilines is 1. The summed E-state index contributed by atoms with van der Waals surface area (Å²) in [6.45, 7) is 0. The Labute approximate surface area is 166 Å². The van der Waals surface area contributed by atoms with Crippen molar-refractivity contribution in [3.8, 4) is 0 Å². The highest BCUT2D eigenvalue weighted by Crippen LogP contribution is 2.71. The van der Waals surface area contributed by atoms with Crippen molar-refractivity contribution in [3.05, 3.63) is 41.4 Å². The molecule has 2 aliphatic rings. The molecule has 0 spiro atoms. The van der Waals surface area contributed by atoms with Crippen LogP contribution >= 0.6 is 11.3 Å². The summed E-state index contributed by atoms with van der Waals surface area (Å²) in [5, 5.41) is 4.47. The van der Waals surface area contributed by atoms with E-state index in [9.17, 15) is 13.2 Å². The number of alkyl halides is 2. The van der Waals surface area contributed by atoms with Gasteiger partial charge in [-0.25, -0.2) is 22.2 Å². The van der Waals surface area contributed by atoms with Crippen molar-refractivity contribution in [3.63, 3.8) is 0 Å². The van der Waals surface area contributed by atoms with Gasteiger partial charge in [0.25, 0.3) is 5.92 Å². The topological polar surface area (TPSA) is 76.1 Å². The first-order chi connectivity index (χ1) is 13.2. The van der Waals surface area contributed by atoms with E-state index in [2.05, 4.69) is 10.3 Å². The molecule has 2 aromatic rings. The molecule has 2 aliphatic carbocycles.